The molecule has 1 N–H and O–H groups in total. The first-order valence-corrected chi connectivity index (χ1v) is 6.61. The topological polar surface area (TPSA) is 92.6 Å². The van der Waals surface area contributed by atoms with E-state index in [2.05, 4.69) is 9.97 Å². The number of amides is 1. The number of morpholine rings is 1. The van der Waals surface area contributed by atoms with Gasteiger partial charge in [0.05, 0.1) is 13.2 Å². The normalized spacial score (nSPS) is 22.6. The highest BCUT2D eigenvalue weighted by Crippen LogP contribution is 2.37. The third kappa shape index (κ3) is 2.49. The highest BCUT2D eigenvalue weighted by atomic mass is 16.5. The lowest BCUT2D eigenvalue weighted by Crippen LogP contribution is -2.52. The zero-order valence-electron chi connectivity index (χ0n) is 10.9. The number of nitrogens with zero attached hydrogens (tertiary/aromatic N) is 3. The first-order valence-electron chi connectivity index (χ1n) is 6.61. The summed E-state index contributed by atoms with van der Waals surface area (Å²) in [5.74, 6) is -0.404. The van der Waals surface area contributed by atoms with Gasteiger partial charge in [0, 0.05) is 18.7 Å². The number of carbonyl (C=O) groups excluding carboxylic acids is 1. The van der Waals surface area contributed by atoms with Crippen molar-refractivity contribution in [3.63, 3.8) is 0 Å². The van der Waals surface area contributed by atoms with Crippen LogP contribution in [0.3, 0.4) is 0 Å². The predicted molar refractivity (Wildman–Crippen MR) is 67.3 cm³/mol. The zero-order chi connectivity index (χ0) is 14.1. The molecule has 2 heterocycles. The molecule has 7 heteroatoms. The number of rotatable bonds is 3. The van der Waals surface area contributed by atoms with E-state index in [9.17, 15) is 9.59 Å². The van der Waals surface area contributed by atoms with E-state index in [4.69, 9.17) is 9.84 Å². The second kappa shape index (κ2) is 5.16. The molecule has 2 aliphatic rings. The minimum atomic E-state index is -1.06. The lowest BCUT2D eigenvalue weighted by atomic mass is 10.2. The van der Waals surface area contributed by atoms with Gasteiger partial charge in [0.15, 0.2) is 6.04 Å². The lowest BCUT2D eigenvalue weighted by Gasteiger charge is -2.32. The number of aliphatic carboxylic acids is 1. The SMILES string of the molecule is O=C(O)C1COCCN1C(=O)c1ccnc(C2CC2)n1. The van der Waals surface area contributed by atoms with Gasteiger partial charge in [-0.3, -0.25) is 4.79 Å². The van der Waals surface area contributed by atoms with Crippen molar-refractivity contribution in [1.82, 2.24) is 14.9 Å². The average molecular weight is 277 g/mol. The van der Waals surface area contributed by atoms with E-state index in [-0.39, 0.29) is 24.8 Å². The largest absolute Gasteiger partial charge is 0.480 e. The Labute approximate surface area is 115 Å². The van der Waals surface area contributed by atoms with Gasteiger partial charge in [0.25, 0.3) is 5.91 Å². The van der Waals surface area contributed by atoms with Crippen molar-refractivity contribution in [3.8, 4) is 0 Å². The fraction of sp³-hybridized carbons (Fsp3) is 0.538. The first kappa shape index (κ1) is 13.0. The second-order valence-electron chi connectivity index (χ2n) is 5.00. The van der Waals surface area contributed by atoms with Crippen molar-refractivity contribution in [1.29, 1.82) is 0 Å². The predicted octanol–water partition coefficient (Wildman–Crippen LogP) is 0.280. The Morgan fingerprint density at radius 1 is 1.40 bits per heavy atom. The molecule has 1 aliphatic heterocycles. The van der Waals surface area contributed by atoms with Crippen LogP contribution in [0, 0.1) is 0 Å². The van der Waals surface area contributed by atoms with Crippen molar-refractivity contribution >= 4 is 11.9 Å². The number of hydrogen-bond acceptors (Lipinski definition) is 5. The Kier molecular flexibility index (Phi) is 3.35. The molecule has 20 heavy (non-hydrogen) atoms. The molecule has 1 saturated heterocycles. The molecule has 0 bridgehead atoms. The summed E-state index contributed by atoms with van der Waals surface area (Å²) in [7, 11) is 0. The molecule has 0 radical (unpaired) electrons. The minimum absolute atomic E-state index is 0.0155. The number of aromatic nitrogens is 2. The maximum atomic E-state index is 12.4. The van der Waals surface area contributed by atoms with Crippen molar-refractivity contribution in [3.05, 3.63) is 23.8 Å². The van der Waals surface area contributed by atoms with Gasteiger partial charge in [-0.2, -0.15) is 0 Å². The third-order valence-electron chi connectivity index (χ3n) is 3.51. The van der Waals surface area contributed by atoms with Gasteiger partial charge in [0.2, 0.25) is 0 Å². The van der Waals surface area contributed by atoms with Crippen LogP contribution in [-0.2, 0) is 9.53 Å². The van der Waals surface area contributed by atoms with E-state index in [1.807, 2.05) is 0 Å². The van der Waals surface area contributed by atoms with Crippen LogP contribution in [0.1, 0.15) is 35.1 Å². The van der Waals surface area contributed by atoms with Crippen LogP contribution in [0.2, 0.25) is 0 Å². The molecule has 1 amide bonds. The Bertz CT molecular complexity index is 544. The number of hydrogen-bond donors (Lipinski definition) is 1. The fourth-order valence-electron chi connectivity index (χ4n) is 2.23. The van der Waals surface area contributed by atoms with E-state index in [1.54, 1.807) is 6.20 Å². The molecule has 1 aromatic rings. The second-order valence-corrected chi connectivity index (χ2v) is 5.00. The van der Waals surface area contributed by atoms with Crippen LogP contribution < -0.4 is 0 Å². The first-order chi connectivity index (χ1) is 9.66. The number of carboxylic acids is 1. The third-order valence-corrected chi connectivity index (χ3v) is 3.51. The Balaban J connectivity index is 1.83. The molecule has 1 atom stereocenters. The summed E-state index contributed by atoms with van der Waals surface area (Å²) in [5.41, 5.74) is 0.259. The van der Waals surface area contributed by atoms with E-state index >= 15 is 0 Å². The fourth-order valence-corrected chi connectivity index (χ4v) is 2.23. The molecule has 0 spiro atoms. The van der Waals surface area contributed by atoms with Gasteiger partial charge in [-0.25, -0.2) is 14.8 Å². The monoisotopic (exact) mass is 277 g/mol. The smallest absolute Gasteiger partial charge is 0.328 e. The van der Waals surface area contributed by atoms with Crippen LogP contribution in [0.15, 0.2) is 12.3 Å². The van der Waals surface area contributed by atoms with Gasteiger partial charge in [-0.05, 0) is 18.9 Å². The van der Waals surface area contributed by atoms with Gasteiger partial charge in [-0.15, -0.1) is 0 Å². The molecule has 1 aliphatic carbocycles. The van der Waals surface area contributed by atoms with E-state index < -0.39 is 12.0 Å². The van der Waals surface area contributed by atoms with Crippen LogP contribution in [0.5, 0.6) is 0 Å². The lowest BCUT2D eigenvalue weighted by molar-refractivity contribution is -0.147. The summed E-state index contributed by atoms with van der Waals surface area (Å²) in [6.45, 7) is 0.621. The Hall–Kier alpha value is -2.02. The van der Waals surface area contributed by atoms with Crippen LogP contribution in [0.4, 0.5) is 0 Å². The molecule has 1 saturated carbocycles. The standard InChI is InChI=1S/C13H15N3O4/c17-12(16-5-6-20-7-10(16)13(18)19)9-3-4-14-11(15-9)8-1-2-8/h3-4,8,10H,1-2,5-7H2,(H,18,19). The summed E-state index contributed by atoms with van der Waals surface area (Å²) in [6.07, 6.45) is 3.66. The molecule has 106 valence electrons. The molecule has 3 rings (SSSR count). The number of carboxylic acid groups (broad SMARTS) is 1. The van der Waals surface area contributed by atoms with E-state index in [0.29, 0.717) is 18.3 Å². The zero-order valence-corrected chi connectivity index (χ0v) is 10.9. The molecule has 7 nitrogen and oxygen atoms in total. The van der Waals surface area contributed by atoms with Crippen molar-refractivity contribution in [2.75, 3.05) is 19.8 Å². The maximum Gasteiger partial charge on any atom is 0.328 e. The molecular formula is C13H15N3O4. The van der Waals surface area contributed by atoms with Gasteiger partial charge in [0.1, 0.15) is 11.5 Å². The average Bonchev–Trinajstić information content (AvgIpc) is 3.31. The molecule has 1 unspecified atom stereocenters. The highest BCUT2D eigenvalue weighted by Gasteiger charge is 2.34. The summed E-state index contributed by atoms with van der Waals surface area (Å²) in [4.78, 5) is 33.3. The van der Waals surface area contributed by atoms with Crippen LogP contribution in [-0.4, -0.2) is 57.7 Å². The van der Waals surface area contributed by atoms with Crippen molar-refractivity contribution < 1.29 is 19.4 Å². The van der Waals surface area contributed by atoms with Gasteiger partial charge < -0.3 is 14.7 Å². The minimum Gasteiger partial charge on any atom is -0.480 e. The summed E-state index contributed by atoms with van der Waals surface area (Å²) < 4.78 is 5.12. The maximum absolute atomic E-state index is 12.4. The molecule has 1 aromatic heterocycles. The van der Waals surface area contributed by atoms with Gasteiger partial charge in [-0.1, -0.05) is 0 Å². The van der Waals surface area contributed by atoms with Crippen molar-refractivity contribution in [2.45, 2.75) is 24.8 Å². The van der Waals surface area contributed by atoms with E-state index in [0.717, 1.165) is 12.8 Å². The summed E-state index contributed by atoms with van der Waals surface area (Å²) in [6, 6.07) is 0.582. The van der Waals surface area contributed by atoms with Crippen LogP contribution in [0.25, 0.3) is 0 Å². The quantitative estimate of drug-likeness (QED) is 0.853. The Morgan fingerprint density at radius 2 is 2.20 bits per heavy atom. The number of ether oxygens (including phenoxy) is 1. The molecular weight excluding hydrogens is 262 g/mol. The highest BCUT2D eigenvalue weighted by molar-refractivity contribution is 5.95. The number of carbonyl (C=O) groups is 2. The Morgan fingerprint density at radius 3 is 2.90 bits per heavy atom. The summed E-state index contributed by atoms with van der Waals surface area (Å²) >= 11 is 0. The van der Waals surface area contributed by atoms with Crippen LogP contribution >= 0.6 is 0 Å². The summed E-state index contributed by atoms with van der Waals surface area (Å²) in [5, 5.41) is 9.15. The molecule has 2 fully saturated rings. The van der Waals surface area contributed by atoms with Crippen molar-refractivity contribution in [2.24, 2.45) is 0 Å². The molecule has 0 aromatic carbocycles. The van der Waals surface area contributed by atoms with E-state index in [1.165, 1.54) is 11.0 Å². The van der Waals surface area contributed by atoms with Gasteiger partial charge >= 0.3 is 5.97 Å².